The molecule has 2 atom stereocenters. The predicted octanol–water partition coefficient (Wildman–Crippen LogP) is 2.01. The van der Waals surface area contributed by atoms with Gasteiger partial charge in [-0.05, 0) is 18.3 Å². The molecule has 1 N–H and O–H groups in total. The van der Waals surface area contributed by atoms with Crippen LogP contribution < -0.4 is 10.5 Å². The molecule has 3 heterocycles. The second kappa shape index (κ2) is 6.20. The van der Waals surface area contributed by atoms with Gasteiger partial charge in [-0.2, -0.15) is 5.10 Å². The number of halogens is 1. The van der Waals surface area contributed by atoms with Crippen molar-refractivity contribution < 1.29 is 0 Å². The first-order chi connectivity index (χ1) is 11.6. The van der Waals surface area contributed by atoms with E-state index in [1.165, 1.54) is 25.0 Å². The van der Waals surface area contributed by atoms with E-state index in [0.29, 0.717) is 18.2 Å². The maximum absolute atomic E-state index is 11.6. The van der Waals surface area contributed by atoms with E-state index in [0.717, 1.165) is 31.1 Å². The van der Waals surface area contributed by atoms with Gasteiger partial charge in [0, 0.05) is 19.5 Å². The molecule has 1 aliphatic carbocycles. The van der Waals surface area contributed by atoms with E-state index in [4.69, 9.17) is 11.6 Å². The Bertz CT molecular complexity index is 800. The molecule has 0 radical (unpaired) electrons. The monoisotopic (exact) mass is 348 g/mol. The summed E-state index contributed by atoms with van der Waals surface area (Å²) in [6.45, 7) is 4.70. The van der Waals surface area contributed by atoms with Crippen LogP contribution in [0.5, 0.6) is 0 Å². The van der Waals surface area contributed by atoms with Gasteiger partial charge in [0.1, 0.15) is 10.7 Å². The minimum absolute atomic E-state index is 0.181. The maximum atomic E-state index is 11.6. The molecule has 0 amide bonds. The molecular formula is C16H21ClN6O. The lowest BCUT2D eigenvalue weighted by atomic mass is 9.98. The largest absolute Gasteiger partial charge is 0.362 e. The van der Waals surface area contributed by atoms with Gasteiger partial charge in [0.05, 0.1) is 24.1 Å². The molecule has 0 unspecified atom stereocenters. The lowest BCUT2D eigenvalue weighted by Gasteiger charge is -2.28. The fourth-order valence-electron chi connectivity index (χ4n) is 3.93. The molecule has 1 saturated carbocycles. The minimum Gasteiger partial charge on any atom is -0.362 e. The van der Waals surface area contributed by atoms with Gasteiger partial charge in [-0.3, -0.25) is 4.79 Å². The smallest absolute Gasteiger partial charge is 0.285 e. The Kier molecular flexibility index (Phi) is 4.04. The van der Waals surface area contributed by atoms with Crippen molar-refractivity contribution in [3.8, 4) is 0 Å². The Morgan fingerprint density at radius 3 is 3.08 bits per heavy atom. The summed E-state index contributed by atoms with van der Waals surface area (Å²) in [5, 5.41) is 15.1. The van der Waals surface area contributed by atoms with Crippen LogP contribution in [0.15, 0.2) is 11.0 Å². The summed E-state index contributed by atoms with van der Waals surface area (Å²) in [5.74, 6) is 1.48. The highest BCUT2D eigenvalue weighted by molar-refractivity contribution is 6.32. The molecule has 2 aromatic heterocycles. The second-order valence-corrected chi connectivity index (χ2v) is 7.28. The van der Waals surface area contributed by atoms with Crippen molar-refractivity contribution in [2.24, 2.45) is 11.8 Å². The van der Waals surface area contributed by atoms with Crippen molar-refractivity contribution in [2.45, 2.75) is 45.7 Å². The molecule has 0 bridgehead atoms. The third kappa shape index (κ3) is 2.70. The second-order valence-electron chi connectivity index (χ2n) is 6.90. The molecule has 0 aromatic carbocycles. The van der Waals surface area contributed by atoms with Gasteiger partial charge >= 0.3 is 0 Å². The number of rotatable bonds is 3. The quantitative estimate of drug-likeness (QED) is 0.917. The Labute approximate surface area is 145 Å². The molecule has 0 spiro atoms. The van der Waals surface area contributed by atoms with Crippen molar-refractivity contribution in [3.05, 3.63) is 33.0 Å². The zero-order valence-electron chi connectivity index (χ0n) is 13.7. The normalized spacial score (nSPS) is 23.5. The molecular weight excluding hydrogens is 328 g/mol. The summed E-state index contributed by atoms with van der Waals surface area (Å²) in [7, 11) is 0. The van der Waals surface area contributed by atoms with E-state index >= 15 is 0 Å². The molecule has 4 rings (SSSR count). The molecule has 1 aliphatic heterocycles. The van der Waals surface area contributed by atoms with Crippen LogP contribution >= 0.6 is 11.6 Å². The first-order valence-corrected chi connectivity index (χ1v) is 8.90. The summed E-state index contributed by atoms with van der Waals surface area (Å²) in [5.41, 5.74) is 2.49. The number of hydrogen-bond acceptors (Lipinski definition) is 5. The number of aromatic nitrogens is 5. The predicted molar refractivity (Wildman–Crippen MR) is 91.1 cm³/mol. The van der Waals surface area contributed by atoms with E-state index in [1.54, 1.807) is 6.20 Å². The number of aromatic amines is 1. The fraction of sp³-hybridized carbons (Fsp3) is 0.625. The lowest BCUT2D eigenvalue weighted by molar-refractivity contribution is 0.338. The van der Waals surface area contributed by atoms with Crippen LogP contribution in [0.25, 0.3) is 0 Å². The number of hydrogen-bond donors (Lipinski definition) is 1. The van der Waals surface area contributed by atoms with Crippen LogP contribution in [-0.2, 0) is 19.5 Å². The first-order valence-electron chi connectivity index (χ1n) is 8.53. The van der Waals surface area contributed by atoms with Gasteiger partial charge in [0.2, 0.25) is 0 Å². The first kappa shape index (κ1) is 15.6. The number of nitrogens with one attached hydrogen (secondary N) is 1. The number of H-pyrrole nitrogens is 1. The lowest BCUT2D eigenvalue weighted by Crippen LogP contribution is -2.33. The third-order valence-electron chi connectivity index (χ3n) is 5.44. The number of fused-ring (bicyclic) bond motifs is 1. The van der Waals surface area contributed by atoms with Crippen LogP contribution in [0, 0.1) is 11.8 Å². The Morgan fingerprint density at radius 1 is 1.42 bits per heavy atom. The topological polar surface area (TPSA) is 79.7 Å². The van der Waals surface area contributed by atoms with E-state index < -0.39 is 0 Å². The molecule has 128 valence electrons. The van der Waals surface area contributed by atoms with Gasteiger partial charge in [0.25, 0.3) is 5.56 Å². The minimum atomic E-state index is -0.362. The maximum Gasteiger partial charge on any atom is 0.285 e. The van der Waals surface area contributed by atoms with Crippen molar-refractivity contribution >= 4 is 17.3 Å². The van der Waals surface area contributed by atoms with Crippen LogP contribution in [0.1, 0.15) is 37.6 Å². The standard InChI is InChI=1S/C16H21ClN6O/c1-10-3-2-4-11(10)8-23-13-5-6-22(9-12(13)19-21-23)14-7-18-20-16(24)15(14)17/h7,10-11H,2-6,8-9H2,1H3,(H,20,24)/t10-,11-/m0/s1. The molecule has 24 heavy (non-hydrogen) atoms. The summed E-state index contributed by atoms with van der Waals surface area (Å²) in [4.78, 5) is 13.7. The zero-order valence-corrected chi connectivity index (χ0v) is 14.5. The SMILES string of the molecule is C[C@H]1CCC[C@H]1Cn1nnc2c1CCN(c1cn[nH]c(=O)c1Cl)C2. The summed E-state index contributed by atoms with van der Waals surface area (Å²) in [6, 6.07) is 0. The highest BCUT2D eigenvalue weighted by Crippen LogP contribution is 2.33. The Balaban J connectivity index is 1.54. The van der Waals surface area contributed by atoms with Crippen molar-refractivity contribution in [1.82, 2.24) is 25.2 Å². The Hall–Kier alpha value is -1.89. The number of anilines is 1. The molecule has 0 saturated heterocycles. The van der Waals surface area contributed by atoms with Crippen LogP contribution in [0.2, 0.25) is 5.02 Å². The van der Waals surface area contributed by atoms with Gasteiger partial charge < -0.3 is 4.90 Å². The zero-order chi connectivity index (χ0) is 16.7. The number of nitrogens with zero attached hydrogens (tertiary/aromatic N) is 5. The Morgan fingerprint density at radius 2 is 2.29 bits per heavy atom. The average molecular weight is 349 g/mol. The molecule has 2 aromatic rings. The fourth-order valence-corrected chi connectivity index (χ4v) is 4.14. The highest BCUT2D eigenvalue weighted by Gasteiger charge is 2.28. The van der Waals surface area contributed by atoms with E-state index in [9.17, 15) is 4.79 Å². The average Bonchev–Trinajstić information content (AvgIpc) is 3.17. The van der Waals surface area contributed by atoms with Crippen molar-refractivity contribution in [2.75, 3.05) is 11.4 Å². The van der Waals surface area contributed by atoms with Gasteiger partial charge in [-0.1, -0.05) is 36.6 Å². The third-order valence-corrected chi connectivity index (χ3v) is 5.81. The van der Waals surface area contributed by atoms with E-state index in [1.807, 2.05) is 4.90 Å². The summed E-state index contributed by atoms with van der Waals surface area (Å²) < 4.78 is 2.09. The van der Waals surface area contributed by atoms with Gasteiger partial charge in [-0.15, -0.1) is 5.10 Å². The summed E-state index contributed by atoms with van der Waals surface area (Å²) >= 11 is 6.12. The van der Waals surface area contributed by atoms with Crippen molar-refractivity contribution in [3.63, 3.8) is 0 Å². The van der Waals surface area contributed by atoms with Crippen molar-refractivity contribution in [1.29, 1.82) is 0 Å². The molecule has 2 aliphatic rings. The molecule has 8 heteroatoms. The molecule has 1 fully saturated rings. The highest BCUT2D eigenvalue weighted by atomic mass is 35.5. The summed E-state index contributed by atoms with van der Waals surface area (Å²) in [6.07, 6.45) is 6.38. The van der Waals surface area contributed by atoms with Crippen LogP contribution in [-0.4, -0.2) is 31.7 Å². The van der Waals surface area contributed by atoms with E-state index in [-0.39, 0.29) is 10.6 Å². The van der Waals surface area contributed by atoms with E-state index in [2.05, 4.69) is 32.1 Å². The van der Waals surface area contributed by atoms with Crippen LogP contribution in [0.3, 0.4) is 0 Å². The van der Waals surface area contributed by atoms with Gasteiger partial charge in [-0.25, -0.2) is 9.78 Å². The van der Waals surface area contributed by atoms with Crippen LogP contribution in [0.4, 0.5) is 5.69 Å². The van der Waals surface area contributed by atoms with Gasteiger partial charge in [0.15, 0.2) is 0 Å². The molecule has 7 nitrogen and oxygen atoms in total.